The molecule has 0 fully saturated rings. The van der Waals surface area contributed by atoms with Gasteiger partial charge in [-0.2, -0.15) is 0 Å². The summed E-state index contributed by atoms with van der Waals surface area (Å²) in [6, 6.07) is 9.60. The van der Waals surface area contributed by atoms with Gasteiger partial charge in [-0.05, 0) is 31.2 Å². The van der Waals surface area contributed by atoms with Gasteiger partial charge >= 0.3 is 0 Å². The average molecular weight is 306 g/mol. The van der Waals surface area contributed by atoms with Gasteiger partial charge in [0, 0.05) is 34.9 Å². The normalized spacial score (nSPS) is 10.9. The van der Waals surface area contributed by atoms with E-state index in [0.717, 1.165) is 33.1 Å². The van der Waals surface area contributed by atoms with Crippen LogP contribution in [-0.2, 0) is 5.75 Å². The molecular weight excluding hydrogens is 294 g/mol. The van der Waals surface area contributed by atoms with Crippen molar-refractivity contribution in [2.24, 2.45) is 0 Å². The molecule has 0 bridgehead atoms. The zero-order valence-electron chi connectivity index (χ0n) is 10.8. The van der Waals surface area contributed by atoms with Crippen LogP contribution in [0.15, 0.2) is 52.4 Å². The van der Waals surface area contributed by atoms with Crippen LogP contribution in [0.25, 0.3) is 5.69 Å². The number of halogens is 1. The Morgan fingerprint density at radius 3 is 2.80 bits per heavy atom. The van der Waals surface area contributed by atoms with Crippen molar-refractivity contribution >= 4 is 23.4 Å². The number of nitrogens with zero attached hydrogens (tertiary/aromatic N) is 3. The number of benzene rings is 1. The minimum atomic E-state index is 0.723. The standard InChI is InChI=1S/C14H12ClN3OS/c1-10-8-12(17-19-10)9-20-14-16-6-7-18(14)13-4-2-11(15)3-5-13/h2-8H,9H2,1H3. The van der Waals surface area contributed by atoms with Crippen LogP contribution in [0.5, 0.6) is 0 Å². The topological polar surface area (TPSA) is 43.9 Å². The van der Waals surface area contributed by atoms with Gasteiger partial charge in [0.05, 0.1) is 5.69 Å². The monoisotopic (exact) mass is 305 g/mol. The van der Waals surface area contributed by atoms with E-state index >= 15 is 0 Å². The van der Waals surface area contributed by atoms with Gasteiger partial charge in [-0.1, -0.05) is 28.5 Å². The van der Waals surface area contributed by atoms with Gasteiger partial charge in [0.25, 0.3) is 0 Å². The largest absolute Gasteiger partial charge is 0.361 e. The van der Waals surface area contributed by atoms with Gasteiger partial charge in [0.15, 0.2) is 5.16 Å². The second-order valence-corrected chi connectivity index (χ2v) is 5.65. The molecule has 0 saturated carbocycles. The molecule has 1 aromatic carbocycles. The fraction of sp³-hybridized carbons (Fsp3) is 0.143. The highest BCUT2D eigenvalue weighted by atomic mass is 35.5. The van der Waals surface area contributed by atoms with Crippen LogP contribution in [0.4, 0.5) is 0 Å². The average Bonchev–Trinajstić information content (AvgIpc) is 3.06. The third-order valence-corrected chi connectivity index (χ3v) is 3.99. The van der Waals surface area contributed by atoms with E-state index in [9.17, 15) is 0 Å². The van der Waals surface area contributed by atoms with E-state index in [1.807, 2.05) is 48.0 Å². The molecule has 0 saturated heterocycles. The maximum atomic E-state index is 5.91. The van der Waals surface area contributed by atoms with Crippen LogP contribution in [0.2, 0.25) is 5.02 Å². The van der Waals surface area contributed by atoms with Crippen molar-refractivity contribution in [3.05, 3.63) is 59.2 Å². The molecule has 0 radical (unpaired) electrons. The minimum Gasteiger partial charge on any atom is -0.361 e. The van der Waals surface area contributed by atoms with Gasteiger partial charge in [-0.25, -0.2) is 4.98 Å². The maximum absolute atomic E-state index is 5.91. The van der Waals surface area contributed by atoms with Crippen molar-refractivity contribution in [3.63, 3.8) is 0 Å². The Labute approximate surface area is 125 Å². The predicted octanol–water partition coefficient (Wildman–Crippen LogP) is 4.11. The molecule has 2 aromatic heterocycles. The molecule has 0 spiro atoms. The second kappa shape index (κ2) is 5.73. The lowest BCUT2D eigenvalue weighted by molar-refractivity contribution is 0.393. The van der Waals surface area contributed by atoms with Gasteiger partial charge in [-0.15, -0.1) is 0 Å². The lowest BCUT2D eigenvalue weighted by Crippen LogP contribution is -1.95. The van der Waals surface area contributed by atoms with Gasteiger partial charge < -0.3 is 4.52 Å². The molecule has 0 unspecified atom stereocenters. The first-order valence-corrected chi connectivity index (χ1v) is 7.43. The predicted molar refractivity (Wildman–Crippen MR) is 79.4 cm³/mol. The van der Waals surface area contributed by atoms with E-state index in [1.54, 1.807) is 18.0 Å². The Balaban J connectivity index is 1.78. The summed E-state index contributed by atoms with van der Waals surface area (Å²) in [7, 11) is 0. The summed E-state index contributed by atoms with van der Waals surface area (Å²) in [6.45, 7) is 1.88. The van der Waals surface area contributed by atoms with Crippen molar-refractivity contribution in [3.8, 4) is 5.69 Å². The lowest BCUT2D eigenvalue weighted by Gasteiger charge is -2.06. The summed E-state index contributed by atoms with van der Waals surface area (Å²) in [5.74, 6) is 1.55. The number of thioether (sulfide) groups is 1. The third-order valence-electron chi connectivity index (χ3n) is 2.74. The molecule has 3 rings (SSSR count). The van der Waals surface area contributed by atoms with Crippen LogP contribution in [0.3, 0.4) is 0 Å². The highest BCUT2D eigenvalue weighted by molar-refractivity contribution is 7.98. The number of aromatic nitrogens is 3. The van der Waals surface area contributed by atoms with Crippen molar-refractivity contribution < 1.29 is 4.52 Å². The summed E-state index contributed by atoms with van der Waals surface area (Å²) in [4.78, 5) is 4.37. The number of aryl methyl sites for hydroxylation is 1. The van der Waals surface area contributed by atoms with Crippen LogP contribution < -0.4 is 0 Å². The fourth-order valence-corrected chi connectivity index (χ4v) is 2.80. The molecule has 2 heterocycles. The molecule has 20 heavy (non-hydrogen) atoms. The first-order valence-electron chi connectivity index (χ1n) is 6.06. The molecular formula is C14H12ClN3OS. The van der Waals surface area contributed by atoms with Crippen LogP contribution in [-0.4, -0.2) is 14.7 Å². The van der Waals surface area contributed by atoms with E-state index < -0.39 is 0 Å². The summed E-state index contributed by atoms with van der Waals surface area (Å²) in [5, 5.41) is 5.61. The first kappa shape index (κ1) is 13.3. The van der Waals surface area contributed by atoms with Crippen LogP contribution in [0, 0.1) is 6.92 Å². The van der Waals surface area contributed by atoms with Gasteiger partial charge in [0.2, 0.25) is 0 Å². The quantitative estimate of drug-likeness (QED) is 0.680. The van der Waals surface area contributed by atoms with Gasteiger partial charge in [0.1, 0.15) is 5.76 Å². The Kier molecular flexibility index (Phi) is 3.80. The summed E-state index contributed by atoms with van der Waals surface area (Å²) < 4.78 is 7.08. The first-order chi connectivity index (χ1) is 9.72. The van der Waals surface area contributed by atoms with E-state index in [2.05, 4.69) is 10.1 Å². The van der Waals surface area contributed by atoms with Crippen molar-refractivity contribution in [1.29, 1.82) is 0 Å². The van der Waals surface area contributed by atoms with Crippen molar-refractivity contribution in [2.75, 3.05) is 0 Å². The zero-order chi connectivity index (χ0) is 13.9. The highest BCUT2D eigenvalue weighted by Gasteiger charge is 2.08. The SMILES string of the molecule is Cc1cc(CSc2nccn2-c2ccc(Cl)cc2)no1. The summed E-state index contributed by atoms with van der Waals surface area (Å²) >= 11 is 7.52. The van der Waals surface area contributed by atoms with E-state index in [-0.39, 0.29) is 0 Å². The van der Waals surface area contributed by atoms with Crippen LogP contribution >= 0.6 is 23.4 Å². The van der Waals surface area contributed by atoms with E-state index in [1.165, 1.54) is 0 Å². The lowest BCUT2D eigenvalue weighted by atomic mass is 10.3. The molecule has 0 aliphatic rings. The molecule has 0 atom stereocenters. The summed E-state index contributed by atoms with van der Waals surface area (Å²) in [6.07, 6.45) is 3.71. The molecule has 0 amide bonds. The second-order valence-electron chi connectivity index (χ2n) is 4.27. The van der Waals surface area contributed by atoms with Crippen molar-refractivity contribution in [2.45, 2.75) is 17.8 Å². The molecule has 6 heteroatoms. The molecule has 0 N–H and O–H groups in total. The highest BCUT2D eigenvalue weighted by Crippen LogP contribution is 2.24. The van der Waals surface area contributed by atoms with E-state index in [0.29, 0.717) is 0 Å². The molecule has 0 aliphatic heterocycles. The van der Waals surface area contributed by atoms with Crippen molar-refractivity contribution in [1.82, 2.24) is 14.7 Å². The fourth-order valence-electron chi connectivity index (χ4n) is 1.82. The van der Waals surface area contributed by atoms with E-state index in [4.69, 9.17) is 16.1 Å². The molecule has 4 nitrogen and oxygen atoms in total. The third kappa shape index (κ3) is 2.89. The Morgan fingerprint density at radius 1 is 1.30 bits per heavy atom. The molecule has 3 aromatic rings. The minimum absolute atomic E-state index is 0.723. The molecule has 0 aliphatic carbocycles. The number of hydrogen-bond acceptors (Lipinski definition) is 4. The number of imidazole rings is 1. The Hall–Kier alpha value is -1.72. The number of rotatable bonds is 4. The molecule has 102 valence electrons. The maximum Gasteiger partial charge on any atom is 0.172 e. The number of hydrogen-bond donors (Lipinski definition) is 0. The zero-order valence-corrected chi connectivity index (χ0v) is 12.4. The Morgan fingerprint density at radius 2 is 2.10 bits per heavy atom. The van der Waals surface area contributed by atoms with Gasteiger partial charge in [-0.3, -0.25) is 4.57 Å². The van der Waals surface area contributed by atoms with Crippen LogP contribution in [0.1, 0.15) is 11.5 Å². The smallest absolute Gasteiger partial charge is 0.172 e. The Bertz CT molecular complexity index is 705. The summed E-state index contributed by atoms with van der Waals surface area (Å²) in [5.41, 5.74) is 1.95.